The van der Waals surface area contributed by atoms with Crippen LogP contribution in [0.5, 0.6) is 0 Å². The van der Waals surface area contributed by atoms with E-state index in [4.69, 9.17) is 4.42 Å². The van der Waals surface area contributed by atoms with E-state index in [1.165, 1.54) is 16.4 Å². The van der Waals surface area contributed by atoms with E-state index in [2.05, 4.69) is 26.3 Å². The van der Waals surface area contributed by atoms with E-state index in [0.29, 0.717) is 24.5 Å². The van der Waals surface area contributed by atoms with E-state index in [1.54, 1.807) is 29.2 Å². The maximum Gasteiger partial charge on any atom is 0.291 e. The SMILES string of the molecule is O=C(Nc1ccccc1-n1cc(Br)cn1)c1ccc(S(=O)(=O)N2CCCCC2)o1. The van der Waals surface area contributed by atoms with Gasteiger partial charge in [0.1, 0.15) is 0 Å². The Morgan fingerprint density at radius 1 is 1.10 bits per heavy atom. The second-order valence-corrected chi connectivity index (χ2v) is 9.44. The molecule has 0 atom stereocenters. The number of carbonyl (C=O) groups excluding carboxylic acids is 1. The molecular formula is C19H19BrN4O4S. The fraction of sp³-hybridized carbons (Fsp3) is 0.263. The second kappa shape index (κ2) is 8.13. The van der Waals surface area contributed by atoms with Crippen LogP contribution in [0.15, 0.2) is 62.8 Å². The Hall–Kier alpha value is -2.43. The predicted octanol–water partition coefficient (Wildman–Crippen LogP) is 3.65. The van der Waals surface area contributed by atoms with Gasteiger partial charge in [0, 0.05) is 19.3 Å². The van der Waals surface area contributed by atoms with Gasteiger partial charge in [-0.3, -0.25) is 4.79 Å². The number of carbonyl (C=O) groups is 1. The molecule has 0 bridgehead atoms. The topological polar surface area (TPSA) is 97.4 Å². The predicted molar refractivity (Wildman–Crippen MR) is 111 cm³/mol. The molecule has 3 aromatic rings. The highest BCUT2D eigenvalue weighted by Crippen LogP contribution is 2.25. The first-order valence-electron chi connectivity index (χ1n) is 9.16. The Morgan fingerprint density at radius 3 is 2.59 bits per heavy atom. The molecule has 0 aliphatic carbocycles. The molecule has 29 heavy (non-hydrogen) atoms. The van der Waals surface area contributed by atoms with Crippen LogP contribution in [0.4, 0.5) is 5.69 Å². The van der Waals surface area contributed by atoms with Crippen LogP contribution in [-0.2, 0) is 10.0 Å². The third kappa shape index (κ3) is 4.14. The molecule has 1 fully saturated rings. The van der Waals surface area contributed by atoms with Crippen molar-refractivity contribution < 1.29 is 17.6 Å². The van der Waals surface area contributed by atoms with Crippen molar-refractivity contribution in [2.75, 3.05) is 18.4 Å². The van der Waals surface area contributed by atoms with Crippen LogP contribution in [-0.4, -0.2) is 41.5 Å². The molecule has 152 valence electrons. The van der Waals surface area contributed by atoms with Crippen molar-refractivity contribution in [3.05, 3.63) is 59.0 Å². The normalized spacial score (nSPS) is 15.3. The van der Waals surface area contributed by atoms with E-state index in [0.717, 1.165) is 23.7 Å². The number of halogens is 1. The number of para-hydroxylation sites is 2. The van der Waals surface area contributed by atoms with Crippen molar-refractivity contribution in [3.8, 4) is 5.69 Å². The highest BCUT2D eigenvalue weighted by molar-refractivity contribution is 9.10. The Morgan fingerprint density at radius 2 is 1.86 bits per heavy atom. The molecule has 0 unspecified atom stereocenters. The smallest absolute Gasteiger partial charge is 0.291 e. The molecule has 1 saturated heterocycles. The minimum atomic E-state index is -3.73. The summed E-state index contributed by atoms with van der Waals surface area (Å²) in [5.74, 6) is -0.610. The van der Waals surface area contributed by atoms with Gasteiger partial charge in [-0.25, -0.2) is 13.1 Å². The van der Waals surface area contributed by atoms with Crippen LogP contribution in [0.1, 0.15) is 29.8 Å². The molecule has 1 amide bonds. The van der Waals surface area contributed by atoms with E-state index >= 15 is 0 Å². The Balaban J connectivity index is 1.55. The molecule has 8 nitrogen and oxygen atoms in total. The van der Waals surface area contributed by atoms with Crippen molar-refractivity contribution in [2.24, 2.45) is 0 Å². The molecule has 0 radical (unpaired) electrons. The lowest BCUT2D eigenvalue weighted by atomic mass is 10.2. The van der Waals surface area contributed by atoms with E-state index in [1.807, 2.05) is 12.1 Å². The van der Waals surface area contributed by atoms with Crippen molar-refractivity contribution in [1.82, 2.24) is 14.1 Å². The second-order valence-electron chi connectivity index (χ2n) is 6.66. The average Bonchev–Trinajstić information content (AvgIpc) is 3.39. The van der Waals surface area contributed by atoms with Crippen LogP contribution in [0, 0.1) is 0 Å². The molecular weight excluding hydrogens is 460 g/mol. The van der Waals surface area contributed by atoms with E-state index in [-0.39, 0.29) is 10.9 Å². The molecule has 4 rings (SSSR count). The molecule has 1 aromatic carbocycles. The van der Waals surface area contributed by atoms with Crippen molar-refractivity contribution in [3.63, 3.8) is 0 Å². The molecule has 2 aromatic heterocycles. The van der Waals surface area contributed by atoms with Gasteiger partial charge >= 0.3 is 0 Å². The number of furan rings is 1. The largest absolute Gasteiger partial charge is 0.438 e. The Kier molecular flexibility index (Phi) is 5.57. The fourth-order valence-electron chi connectivity index (χ4n) is 3.21. The number of anilines is 1. The molecule has 1 N–H and O–H groups in total. The molecule has 3 heterocycles. The summed E-state index contributed by atoms with van der Waals surface area (Å²) >= 11 is 3.35. The average molecular weight is 479 g/mol. The van der Waals surface area contributed by atoms with Crippen LogP contribution >= 0.6 is 15.9 Å². The summed E-state index contributed by atoms with van der Waals surface area (Å²) in [4.78, 5) is 12.7. The van der Waals surface area contributed by atoms with Crippen molar-refractivity contribution >= 4 is 37.5 Å². The molecule has 0 spiro atoms. The number of benzene rings is 1. The lowest BCUT2D eigenvalue weighted by Crippen LogP contribution is -2.35. The monoisotopic (exact) mass is 478 g/mol. The van der Waals surface area contributed by atoms with E-state index in [9.17, 15) is 13.2 Å². The zero-order valence-corrected chi connectivity index (χ0v) is 17.8. The van der Waals surface area contributed by atoms with Gasteiger partial charge in [0.15, 0.2) is 5.76 Å². The first-order valence-corrected chi connectivity index (χ1v) is 11.4. The number of nitrogens with one attached hydrogen (secondary N) is 1. The number of piperidine rings is 1. The highest BCUT2D eigenvalue weighted by atomic mass is 79.9. The molecule has 0 saturated carbocycles. The van der Waals surface area contributed by atoms with Gasteiger partial charge in [0.25, 0.3) is 15.9 Å². The zero-order chi connectivity index (χ0) is 20.4. The van der Waals surface area contributed by atoms with Crippen LogP contribution in [0.2, 0.25) is 0 Å². The standard InChI is InChI=1S/C19H19BrN4O4S/c20-14-12-21-24(13-14)16-7-3-2-6-15(16)22-19(25)17-8-9-18(28-17)29(26,27)23-10-4-1-5-11-23/h2-3,6-9,12-13H,1,4-5,10-11H2,(H,22,25). The molecule has 1 aliphatic heterocycles. The summed E-state index contributed by atoms with van der Waals surface area (Å²) in [6.45, 7) is 0.939. The number of sulfonamides is 1. The molecule has 10 heteroatoms. The van der Waals surface area contributed by atoms with Gasteiger partial charge in [-0.05, 0) is 53.0 Å². The third-order valence-electron chi connectivity index (χ3n) is 4.66. The quantitative estimate of drug-likeness (QED) is 0.603. The number of hydrogen-bond donors (Lipinski definition) is 1. The zero-order valence-electron chi connectivity index (χ0n) is 15.4. The van der Waals surface area contributed by atoms with Crippen molar-refractivity contribution in [1.29, 1.82) is 0 Å². The summed E-state index contributed by atoms with van der Waals surface area (Å²) in [7, 11) is -3.73. The van der Waals surface area contributed by atoms with E-state index < -0.39 is 15.9 Å². The number of nitrogens with zero attached hydrogens (tertiary/aromatic N) is 3. The summed E-state index contributed by atoms with van der Waals surface area (Å²) in [6, 6.07) is 9.86. The van der Waals surface area contributed by atoms with Gasteiger partial charge in [0.2, 0.25) is 5.09 Å². The maximum atomic E-state index is 12.7. The number of aromatic nitrogens is 2. The Labute approximate surface area is 176 Å². The number of rotatable bonds is 5. The minimum absolute atomic E-state index is 0.0722. The van der Waals surface area contributed by atoms with Crippen LogP contribution in [0.25, 0.3) is 5.69 Å². The van der Waals surface area contributed by atoms with Crippen molar-refractivity contribution in [2.45, 2.75) is 24.4 Å². The summed E-state index contributed by atoms with van der Waals surface area (Å²) in [5.41, 5.74) is 1.18. The lowest BCUT2D eigenvalue weighted by Gasteiger charge is -2.24. The van der Waals surface area contributed by atoms with Crippen LogP contribution in [0.3, 0.4) is 0 Å². The van der Waals surface area contributed by atoms with Gasteiger partial charge < -0.3 is 9.73 Å². The lowest BCUT2D eigenvalue weighted by molar-refractivity contribution is 0.0991. The summed E-state index contributed by atoms with van der Waals surface area (Å²) in [6.07, 6.45) is 6.08. The Bertz CT molecular complexity index is 1130. The minimum Gasteiger partial charge on any atom is -0.438 e. The van der Waals surface area contributed by atoms with Gasteiger partial charge in [-0.15, -0.1) is 0 Å². The third-order valence-corrected chi connectivity index (χ3v) is 6.85. The highest BCUT2D eigenvalue weighted by Gasteiger charge is 2.29. The summed E-state index contributed by atoms with van der Waals surface area (Å²) < 4.78 is 34.7. The number of hydrogen-bond acceptors (Lipinski definition) is 5. The number of amides is 1. The van der Waals surface area contributed by atoms with Crippen LogP contribution < -0.4 is 5.32 Å². The fourth-order valence-corrected chi connectivity index (χ4v) is 4.92. The maximum absolute atomic E-state index is 12.7. The summed E-state index contributed by atoms with van der Waals surface area (Å²) in [5, 5.41) is 6.77. The van der Waals surface area contributed by atoms with Gasteiger partial charge in [0.05, 0.1) is 22.0 Å². The first-order chi connectivity index (χ1) is 13.9. The first kappa shape index (κ1) is 19.9. The van der Waals surface area contributed by atoms with Gasteiger partial charge in [-0.1, -0.05) is 18.6 Å². The van der Waals surface area contributed by atoms with Gasteiger partial charge in [-0.2, -0.15) is 9.40 Å². The molecule has 1 aliphatic rings.